The highest BCUT2D eigenvalue weighted by molar-refractivity contribution is 6.02. The number of rotatable bonds is 7. The van der Waals surface area contributed by atoms with Crippen molar-refractivity contribution in [3.63, 3.8) is 0 Å². The van der Waals surface area contributed by atoms with Crippen molar-refractivity contribution in [3.8, 4) is 44.7 Å². The number of furan rings is 1. The highest BCUT2D eigenvalue weighted by Gasteiger charge is 2.20. The molecule has 0 aliphatic heterocycles. The second-order valence-electron chi connectivity index (χ2n) is 12.5. The van der Waals surface area contributed by atoms with Crippen molar-refractivity contribution in [1.29, 1.82) is 0 Å². The summed E-state index contributed by atoms with van der Waals surface area (Å²) in [4.78, 5) is 2.31. The molecule has 0 aliphatic rings. The van der Waals surface area contributed by atoms with Gasteiger partial charge >= 0.3 is 0 Å². The Morgan fingerprint density at radius 2 is 0.880 bits per heavy atom. The summed E-state index contributed by atoms with van der Waals surface area (Å²) in [6.07, 6.45) is 0. The quantitative estimate of drug-likeness (QED) is 0.173. The van der Waals surface area contributed by atoms with E-state index in [1.807, 2.05) is 12.1 Å². The van der Waals surface area contributed by atoms with Crippen molar-refractivity contribution in [2.75, 3.05) is 4.90 Å². The number of hydrogen-bond donors (Lipinski definition) is 0. The van der Waals surface area contributed by atoms with Gasteiger partial charge in [0, 0.05) is 33.6 Å². The van der Waals surface area contributed by atoms with Crippen molar-refractivity contribution >= 4 is 38.8 Å². The molecule has 8 aromatic carbocycles. The molecule has 2 nitrogen and oxygen atoms in total. The zero-order valence-electron chi connectivity index (χ0n) is 27.4. The summed E-state index contributed by atoms with van der Waals surface area (Å²) in [5.41, 5.74) is 12.2. The molecule has 50 heavy (non-hydrogen) atoms. The van der Waals surface area contributed by atoms with E-state index >= 15 is 0 Å². The van der Waals surface area contributed by atoms with Crippen LogP contribution in [-0.4, -0.2) is 0 Å². The molecule has 0 N–H and O–H groups in total. The third-order valence-electron chi connectivity index (χ3n) is 9.48. The molecule has 0 unspecified atom stereocenters. The first-order valence-corrected chi connectivity index (χ1v) is 17.0. The van der Waals surface area contributed by atoms with E-state index in [4.69, 9.17) is 4.42 Å². The molecular weight excluding hydrogens is 607 g/mol. The van der Waals surface area contributed by atoms with Gasteiger partial charge in [-0.2, -0.15) is 0 Å². The summed E-state index contributed by atoms with van der Waals surface area (Å²) >= 11 is 0. The molecule has 0 fully saturated rings. The van der Waals surface area contributed by atoms with E-state index < -0.39 is 0 Å². The zero-order chi connectivity index (χ0) is 33.3. The van der Waals surface area contributed by atoms with E-state index in [9.17, 15) is 0 Å². The summed E-state index contributed by atoms with van der Waals surface area (Å²) in [5, 5.41) is 3.64. The van der Waals surface area contributed by atoms with Gasteiger partial charge in [0.05, 0.1) is 0 Å². The Morgan fingerprint density at radius 1 is 0.340 bits per heavy atom. The maximum absolute atomic E-state index is 6.59. The van der Waals surface area contributed by atoms with Gasteiger partial charge in [-0.3, -0.25) is 0 Å². The molecule has 0 radical (unpaired) electrons. The van der Waals surface area contributed by atoms with E-state index in [-0.39, 0.29) is 0 Å². The Hall–Kier alpha value is -6.64. The van der Waals surface area contributed by atoms with Gasteiger partial charge in [0.15, 0.2) is 0 Å². The van der Waals surface area contributed by atoms with Crippen LogP contribution in [0.4, 0.5) is 17.1 Å². The van der Waals surface area contributed by atoms with Crippen LogP contribution in [0, 0.1) is 0 Å². The second kappa shape index (κ2) is 12.8. The molecule has 0 saturated carbocycles. The number of fused-ring (bicyclic) bond motifs is 2. The van der Waals surface area contributed by atoms with E-state index in [1.54, 1.807) is 0 Å². The van der Waals surface area contributed by atoms with Crippen molar-refractivity contribution in [3.05, 3.63) is 200 Å². The Kier molecular flexibility index (Phi) is 7.53. The Bertz CT molecular complexity index is 2560. The van der Waals surface area contributed by atoms with Crippen LogP contribution in [0.1, 0.15) is 0 Å². The topological polar surface area (TPSA) is 16.4 Å². The van der Waals surface area contributed by atoms with E-state index in [2.05, 4.69) is 193 Å². The van der Waals surface area contributed by atoms with E-state index in [1.165, 1.54) is 33.0 Å². The standard InChI is InChI=1S/C48H33NO/c1-3-14-38(15-4-1)47-45-22-9-10-24-46(45)50-48(47)39-17-11-20-42(33-39)49(40-18-5-2-6-19-40)41-31-29-35(30-32-41)34-25-27-37(28-26-34)44-23-12-16-36-13-7-8-21-43(36)44/h1-33H. The maximum Gasteiger partial charge on any atom is 0.143 e. The molecule has 9 rings (SSSR count). The minimum atomic E-state index is 0.870. The lowest BCUT2D eigenvalue weighted by Gasteiger charge is -2.26. The summed E-state index contributed by atoms with van der Waals surface area (Å²) in [6.45, 7) is 0. The number of nitrogens with zero attached hydrogens (tertiary/aromatic N) is 1. The van der Waals surface area contributed by atoms with Gasteiger partial charge in [-0.1, -0.05) is 158 Å². The molecule has 2 heteroatoms. The SMILES string of the molecule is c1ccc(-c2c(-c3cccc(N(c4ccccc4)c4ccc(-c5ccc(-c6cccc7ccccc67)cc5)cc4)c3)oc3ccccc23)cc1. The van der Waals surface area contributed by atoms with Crippen LogP contribution in [-0.2, 0) is 0 Å². The first kappa shape index (κ1) is 29.5. The summed E-state index contributed by atoms with van der Waals surface area (Å²) in [5.74, 6) is 0.870. The number of anilines is 3. The Labute approximate surface area is 292 Å². The first-order valence-electron chi connectivity index (χ1n) is 17.0. The van der Waals surface area contributed by atoms with E-state index in [0.29, 0.717) is 0 Å². The van der Waals surface area contributed by atoms with Crippen LogP contribution in [0.25, 0.3) is 66.4 Å². The zero-order valence-corrected chi connectivity index (χ0v) is 27.4. The summed E-state index contributed by atoms with van der Waals surface area (Å²) < 4.78 is 6.59. The molecule has 236 valence electrons. The molecule has 0 aliphatic carbocycles. The molecular formula is C48H33NO. The van der Waals surface area contributed by atoms with Crippen LogP contribution in [0.3, 0.4) is 0 Å². The lowest BCUT2D eigenvalue weighted by molar-refractivity contribution is 0.632. The van der Waals surface area contributed by atoms with Gasteiger partial charge < -0.3 is 9.32 Å². The van der Waals surface area contributed by atoms with Crippen molar-refractivity contribution < 1.29 is 4.42 Å². The number of benzene rings is 8. The summed E-state index contributed by atoms with van der Waals surface area (Å²) in [7, 11) is 0. The molecule has 1 heterocycles. The maximum atomic E-state index is 6.59. The fraction of sp³-hybridized carbons (Fsp3) is 0. The Morgan fingerprint density at radius 3 is 1.66 bits per heavy atom. The highest BCUT2D eigenvalue weighted by Crippen LogP contribution is 2.43. The molecule has 1 aromatic heterocycles. The van der Waals surface area contributed by atoms with Gasteiger partial charge in [0.25, 0.3) is 0 Å². The smallest absolute Gasteiger partial charge is 0.143 e. The molecule has 0 atom stereocenters. The highest BCUT2D eigenvalue weighted by atomic mass is 16.3. The molecule has 9 aromatic rings. The fourth-order valence-electron chi connectivity index (χ4n) is 7.07. The first-order chi connectivity index (χ1) is 24.8. The van der Waals surface area contributed by atoms with Gasteiger partial charge in [-0.05, 0) is 81.1 Å². The molecule has 0 amide bonds. The van der Waals surface area contributed by atoms with Crippen LogP contribution in [0.5, 0.6) is 0 Å². The average Bonchev–Trinajstić information content (AvgIpc) is 3.59. The minimum Gasteiger partial charge on any atom is -0.455 e. The number of hydrogen-bond acceptors (Lipinski definition) is 2. The van der Waals surface area contributed by atoms with Gasteiger partial charge in [-0.25, -0.2) is 0 Å². The predicted octanol–water partition coefficient (Wildman–Crippen LogP) is 13.7. The normalized spacial score (nSPS) is 11.2. The lowest BCUT2D eigenvalue weighted by Crippen LogP contribution is -2.09. The van der Waals surface area contributed by atoms with Crippen molar-refractivity contribution in [1.82, 2.24) is 0 Å². The van der Waals surface area contributed by atoms with Crippen LogP contribution in [0.15, 0.2) is 205 Å². The molecule has 0 spiro atoms. The van der Waals surface area contributed by atoms with Gasteiger partial charge in [0.1, 0.15) is 11.3 Å². The number of para-hydroxylation sites is 2. The third kappa shape index (κ3) is 5.43. The van der Waals surface area contributed by atoms with Gasteiger partial charge in [0.2, 0.25) is 0 Å². The lowest BCUT2D eigenvalue weighted by atomic mass is 9.96. The monoisotopic (exact) mass is 639 g/mol. The van der Waals surface area contributed by atoms with E-state index in [0.717, 1.165) is 50.5 Å². The molecule has 0 bridgehead atoms. The molecule has 0 saturated heterocycles. The summed E-state index contributed by atoms with van der Waals surface area (Å²) in [6, 6.07) is 70.9. The van der Waals surface area contributed by atoms with Gasteiger partial charge in [-0.15, -0.1) is 0 Å². The third-order valence-corrected chi connectivity index (χ3v) is 9.48. The van der Waals surface area contributed by atoms with Crippen molar-refractivity contribution in [2.45, 2.75) is 0 Å². The second-order valence-corrected chi connectivity index (χ2v) is 12.5. The average molecular weight is 640 g/mol. The Balaban J connectivity index is 1.08. The fourth-order valence-corrected chi connectivity index (χ4v) is 7.07. The van der Waals surface area contributed by atoms with Crippen LogP contribution >= 0.6 is 0 Å². The predicted molar refractivity (Wildman–Crippen MR) is 210 cm³/mol. The van der Waals surface area contributed by atoms with Crippen LogP contribution in [0.2, 0.25) is 0 Å². The van der Waals surface area contributed by atoms with Crippen molar-refractivity contribution in [2.24, 2.45) is 0 Å². The minimum absolute atomic E-state index is 0.870. The largest absolute Gasteiger partial charge is 0.455 e. The van der Waals surface area contributed by atoms with Crippen LogP contribution < -0.4 is 4.90 Å².